The van der Waals surface area contributed by atoms with E-state index in [9.17, 15) is 14.0 Å². The maximum absolute atomic E-state index is 12.9. The summed E-state index contributed by atoms with van der Waals surface area (Å²) in [5.74, 6) is -2.15. The van der Waals surface area contributed by atoms with E-state index in [0.29, 0.717) is 10.7 Å². The molecule has 0 spiro atoms. The van der Waals surface area contributed by atoms with Gasteiger partial charge >= 0.3 is 5.97 Å². The van der Waals surface area contributed by atoms with Crippen LogP contribution < -0.4 is 5.32 Å². The summed E-state index contributed by atoms with van der Waals surface area (Å²) >= 11 is 0.993. The lowest BCUT2D eigenvalue weighted by molar-refractivity contribution is 0.0701. The van der Waals surface area contributed by atoms with Gasteiger partial charge in [0, 0.05) is 6.20 Å². The summed E-state index contributed by atoms with van der Waals surface area (Å²) in [5, 5.41) is 11.9. The van der Waals surface area contributed by atoms with Crippen LogP contribution in [-0.4, -0.2) is 27.0 Å². The van der Waals surface area contributed by atoms with E-state index in [1.165, 1.54) is 6.20 Å². The highest BCUT2D eigenvalue weighted by molar-refractivity contribution is 7.13. The van der Waals surface area contributed by atoms with Gasteiger partial charge in [0.25, 0.3) is 5.91 Å². The highest BCUT2D eigenvalue weighted by atomic mass is 32.1. The highest BCUT2D eigenvalue weighted by Gasteiger charge is 2.14. The van der Waals surface area contributed by atoms with Gasteiger partial charge in [-0.3, -0.25) is 9.78 Å². The van der Waals surface area contributed by atoms with E-state index >= 15 is 0 Å². The zero-order valence-electron chi connectivity index (χ0n) is 10.4. The molecule has 1 amide bonds. The van der Waals surface area contributed by atoms with Crippen molar-refractivity contribution in [1.29, 1.82) is 0 Å². The molecular weight excluding hydrogens is 285 g/mol. The monoisotopic (exact) mass is 295 g/mol. The molecule has 2 aromatic heterocycles. The highest BCUT2D eigenvalue weighted by Crippen LogP contribution is 2.17. The first kappa shape index (κ1) is 14.1. The number of carbonyl (C=O) groups excluding carboxylic acids is 1. The first-order valence-electron chi connectivity index (χ1n) is 5.55. The van der Waals surface area contributed by atoms with Gasteiger partial charge in [-0.15, -0.1) is 11.3 Å². The van der Waals surface area contributed by atoms with E-state index in [1.807, 2.05) is 0 Å². The minimum Gasteiger partial charge on any atom is -0.477 e. The topological polar surface area (TPSA) is 92.2 Å². The maximum atomic E-state index is 12.9. The molecule has 0 saturated heterocycles. The summed E-state index contributed by atoms with van der Waals surface area (Å²) in [6.07, 6.45) is 2.24. The molecule has 0 bridgehead atoms. The second-order valence-electron chi connectivity index (χ2n) is 3.90. The van der Waals surface area contributed by atoms with Crippen molar-refractivity contribution in [2.24, 2.45) is 0 Å². The third-order valence-electron chi connectivity index (χ3n) is 2.40. The number of carboxylic acids is 1. The Balaban J connectivity index is 2.04. The Labute approximate surface area is 117 Å². The van der Waals surface area contributed by atoms with Crippen LogP contribution in [-0.2, 0) is 6.54 Å². The second-order valence-corrected chi connectivity index (χ2v) is 4.99. The van der Waals surface area contributed by atoms with Crippen LogP contribution in [0.15, 0.2) is 18.5 Å². The average Bonchev–Trinajstić information content (AvgIpc) is 2.77. The number of hydrogen-bond acceptors (Lipinski definition) is 5. The van der Waals surface area contributed by atoms with Gasteiger partial charge in [-0.1, -0.05) is 0 Å². The fourth-order valence-electron chi connectivity index (χ4n) is 1.52. The molecular formula is C12H10FN3O3S. The van der Waals surface area contributed by atoms with E-state index in [2.05, 4.69) is 15.3 Å². The van der Waals surface area contributed by atoms with E-state index < -0.39 is 17.7 Å². The molecule has 0 aliphatic rings. The van der Waals surface area contributed by atoms with Gasteiger partial charge in [0.2, 0.25) is 0 Å². The molecule has 0 atom stereocenters. The van der Waals surface area contributed by atoms with Crippen LogP contribution in [0.3, 0.4) is 0 Å². The number of nitrogens with one attached hydrogen (secondary N) is 1. The number of pyridine rings is 1. The Kier molecular flexibility index (Phi) is 4.04. The van der Waals surface area contributed by atoms with Crippen LogP contribution in [0, 0.1) is 12.7 Å². The van der Waals surface area contributed by atoms with Crippen LogP contribution in [0.5, 0.6) is 0 Å². The van der Waals surface area contributed by atoms with E-state index in [1.54, 1.807) is 6.92 Å². The fraction of sp³-hybridized carbons (Fsp3) is 0.167. The Morgan fingerprint density at radius 1 is 1.45 bits per heavy atom. The predicted octanol–water partition coefficient (Wildman–Crippen LogP) is 1.61. The summed E-state index contributed by atoms with van der Waals surface area (Å²) < 4.78 is 12.9. The van der Waals surface area contributed by atoms with Crippen molar-refractivity contribution in [1.82, 2.24) is 15.3 Å². The molecule has 0 aromatic carbocycles. The quantitative estimate of drug-likeness (QED) is 0.894. The smallest absolute Gasteiger partial charge is 0.347 e. The van der Waals surface area contributed by atoms with E-state index in [0.717, 1.165) is 23.6 Å². The largest absolute Gasteiger partial charge is 0.477 e. The lowest BCUT2D eigenvalue weighted by Crippen LogP contribution is -2.23. The molecule has 0 fully saturated rings. The molecule has 0 aliphatic heterocycles. The van der Waals surface area contributed by atoms with Gasteiger partial charge in [0.1, 0.15) is 15.7 Å². The molecule has 8 heteroatoms. The average molecular weight is 295 g/mol. The molecule has 0 radical (unpaired) electrons. The number of aromatic carboxylic acids is 1. The number of amides is 1. The molecule has 0 saturated carbocycles. The standard InChI is InChI=1S/C12H10FN3O3S/c1-6-10(12(18)19)20-9(16-6)5-15-11(17)7-2-8(13)4-14-3-7/h2-4H,5H2,1H3,(H,15,17)(H,18,19). The number of aryl methyl sites for hydroxylation is 1. The van der Waals surface area contributed by atoms with Gasteiger partial charge in [-0.2, -0.15) is 0 Å². The minimum atomic E-state index is -1.05. The van der Waals surface area contributed by atoms with Gasteiger partial charge in [0.15, 0.2) is 0 Å². The van der Waals surface area contributed by atoms with Crippen LogP contribution in [0.25, 0.3) is 0 Å². The number of aromatic nitrogens is 2. The summed E-state index contributed by atoms with van der Waals surface area (Å²) in [5.41, 5.74) is 0.496. The zero-order valence-corrected chi connectivity index (χ0v) is 11.2. The van der Waals surface area contributed by atoms with Crippen molar-refractivity contribution < 1.29 is 19.1 Å². The Bertz CT molecular complexity index is 672. The second kappa shape index (κ2) is 5.74. The number of hydrogen-bond donors (Lipinski definition) is 2. The van der Waals surface area contributed by atoms with Crippen LogP contribution in [0.1, 0.15) is 30.7 Å². The normalized spacial score (nSPS) is 10.3. The van der Waals surface area contributed by atoms with Crippen LogP contribution in [0.2, 0.25) is 0 Å². The Morgan fingerprint density at radius 3 is 2.80 bits per heavy atom. The lowest BCUT2D eigenvalue weighted by Gasteiger charge is -2.02. The third kappa shape index (κ3) is 3.15. The zero-order chi connectivity index (χ0) is 14.7. The number of nitrogens with zero attached hydrogens (tertiary/aromatic N) is 2. The van der Waals surface area contributed by atoms with Crippen molar-refractivity contribution in [2.75, 3.05) is 0 Å². The first-order valence-corrected chi connectivity index (χ1v) is 6.37. The van der Waals surface area contributed by atoms with E-state index in [-0.39, 0.29) is 17.0 Å². The summed E-state index contributed by atoms with van der Waals surface area (Å²) in [6, 6.07) is 1.07. The number of carboxylic acid groups (broad SMARTS) is 1. The molecule has 104 valence electrons. The maximum Gasteiger partial charge on any atom is 0.347 e. The summed E-state index contributed by atoms with van der Waals surface area (Å²) in [7, 11) is 0. The molecule has 2 N–H and O–H groups in total. The minimum absolute atomic E-state index is 0.0775. The SMILES string of the molecule is Cc1nc(CNC(=O)c2cncc(F)c2)sc1C(=O)O. The predicted molar refractivity (Wildman–Crippen MR) is 69.2 cm³/mol. The number of carbonyl (C=O) groups is 2. The third-order valence-corrected chi connectivity index (χ3v) is 3.55. The summed E-state index contributed by atoms with van der Waals surface area (Å²) in [6.45, 7) is 1.66. The van der Waals surface area contributed by atoms with Crippen molar-refractivity contribution in [2.45, 2.75) is 13.5 Å². The van der Waals surface area contributed by atoms with Crippen LogP contribution >= 0.6 is 11.3 Å². The molecule has 20 heavy (non-hydrogen) atoms. The number of thiazole rings is 1. The molecule has 0 aliphatic carbocycles. The molecule has 2 aromatic rings. The molecule has 6 nitrogen and oxygen atoms in total. The Morgan fingerprint density at radius 2 is 2.20 bits per heavy atom. The van der Waals surface area contributed by atoms with E-state index in [4.69, 9.17) is 5.11 Å². The number of rotatable bonds is 4. The Hall–Kier alpha value is -2.35. The molecule has 2 heterocycles. The van der Waals surface area contributed by atoms with Gasteiger partial charge in [-0.05, 0) is 13.0 Å². The van der Waals surface area contributed by atoms with Gasteiger partial charge in [-0.25, -0.2) is 14.2 Å². The molecule has 0 unspecified atom stereocenters. The van der Waals surface area contributed by atoms with Crippen molar-refractivity contribution in [3.8, 4) is 0 Å². The van der Waals surface area contributed by atoms with Crippen molar-refractivity contribution >= 4 is 23.2 Å². The van der Waals surface area contributed by atoms with Gasteiger partial charge < -0.3 is 10.4 Å². The van der Waals surface area contributed by atoms with Crippen molar-refractivity contribution in [3.05, 3.63) is 45.4 Å². The molecule has 2 rings (SSSR count). The summed E-state index contributed by atoms with van der Waals surface area (Å²) in [4.78, 5) is 30.4. The number of halogens is 1. The lowest BCUT2D eigenvalue weighted by atomic mass is 10.2. The first-order chi connectivity index (χ1) is 9.47. The van der Waals surface area contributed by atoms with Crippen molar-refractivity contribution in [3.63, 3.8) is 0 Å². The van der Waals surface area contributed by atoms with Gasteiger partial charge in [0.05, 0.1) is 24.0 Å². The van der Waals surface area contributed by atoms with Crippen LogP contribution in [0.4, 0.5) is 4.39 Å². The fourth-order valence-corrected chi connectivity index (χ4v) is 2.36.